The Labute approximate surface area is 145 Å². The van der Waals surface area contributed by atoms with E-state index in [-0.39, 0.29) is 12.0 Å². The fourth-order valence-electron chi connectivity index (χ4n) is 2.07. The number of rotatable bonds is 7. The first-order valence-electron chi connectivity index (χ1n) is 7.31. The van der Waals surface area contributed by atoms with Crippen molar-refractivity contribution in [3.05, 3.63) is 57.8 Å². The lowest BCUT2D eigenvalue weighted by molar-refractivity contribution is -0.117. The number of ether oxygens (including phenoxy) is 1. The van der Waals surface area contributed by atoms with E-state index in [1.54, 1.807) is 36.3 Å². The lowest BCUT2D eigenvalue weighted by Crippen LogP contribution is -2.27. The number of benzene rings is 1. The van der Waals surface area contributed by atoms with Gasteiger partial charge in [0.2, 0.25) is 5.91 Å². The molecule has 0 fully saturated rings. The second-order valence-electron chi connectivity index (χ2n) is 5.02. The summed E-state index contributed by atoms with van der Waals surface area (Å²) in [7, 11) is 1.66. The fourth-order valence-corrected chi connectivity index (χ4v) is 3.43. The number of thioether (sulfide) groups is 1. The minimum Gasteiger partial charge on any atom is -0.374 e. The van der Waals surface area contributed by atoms with Crippen molar-refractivity contribution in [3.8, 4) is 0 Å². The molecule has 1 unspecified atom stereocenters. The molecule has 122 valence electrons. The Morgan fingerprint density at radius 2 is 2.04 bits per heavy atom. The molecule has 0 aliphatic heterocycles. The van der Waals surface area contributed by atoms with Crippen molar-refractivity contribution in [2.24, 2.45) is 0 Å². The third kappa shape index (κ3) is 5.53. The molecule has 0 saturated heterocycles. The van der Waals surface area contributed by atoms with Gasteiger partial charge in [0.25, 0.3) is 0 Å². The molecule has 1 aromatic heterocycles. The zero-order valence-electron chi connectivity index (χ0n) is 13.5. The quantitative estimate of drug-likeness (QED) is 0.599. The van der Waals surface area contributed by atoms with E-state index in [0.29, 0.717) is 6.54 Å². The average Bonchev–Trinajstić information content (AvgIpc) is 3.00. The van der Waals surface area contributed by atoms with E-state index in [2.05, 4.69) is 18.3 Å². The molecule has 2 aromatic rings. The molecule has 1 amide bonds. The van der Waals surface area contributed by atoms with E-state index >= 15 is 0 Å². The predicted molar refractivity (Wildman–Crippen MR) is 99.1 cm³/mol. The maximum atomic E-state index is 11.9. The number of carbonyl (C=O) groups excluding carboxylic acids is 1. The molecule has 0 bridgehead atoms. The van der Waals surface area contributed by atoms with Crippen molar-refractivity contribution in [1.82, 2.24) is 5.32 Å². The Hall–Kier alpha value is -1.56. The van der Waals surface area contributed by atoms with Gasteiger partial charge in [0.05, 0.1) is 0 Å². The molecule has 2 rings (SSSR count). The van der Waals surface area contributed by atoms with Gasteiger partial charge in [-0.1, -0.05) is 12.1 Å². The second-order valence-corrected chi connectivity index (χ2v) is 7.22. The molecule has 0 aliphatic carbocycles. The maximum Gasteiger partial charge on any atom is 0.244 e. The van der Waals surface area contributed by atoms with E-state index in [1.807, 2.05) is 42.7 Å². The van der Waals surface area contributed by atoms with Crippen molar-refractivity contribution in [1.29, 1.82) is 0 Å². The number of amides is 1. The number of carbonyl (C=O) groups is 1. The van der Waals surface area contributed by atoms with Crippen molar-refractivity contribution in [3.63, 3.8) is 0 Å². The van der Waals surface area contributed by atoms with E-state index in [4.69, 9.17) is 4.74 Å². The van der Waals surface area contributed by atoms with Crippen LogP contribution < -0.4 is 5.32 Å². The summed E-state index contributed by atoms with van der Waals surface area (Å²) in [5, 5.41) is 2.89. The first kappa shape index (κ1) is 17.8. The van der Waals surface area contributed by atoms with Crippen LogP contribution in [0.25, 0.3) is 6.08 Å². The van der Waals surface area contributed by atoms with Gasteiger partial charge in [-0.25, -0.2) is 0 Å². The summed E-state index contributed by atoms with van der Waals surface area (Å²) in [6.45, 7) is 2.52. The van der Waals surface area contributed by atoms with Crippen LogP contribution in [0.5, 0.6) is 0 Å². The van der Waals surface area contributed by atoms with Crippen LogP contribution in [0.3, 0.4) is 0 Å². The summed E-state index contributed by atoms with van der Waals surface area (Å²) < 4.78 is 5.46. The van der Waals surface area contributed by atoms with Gasteiger partial charge in [-0.15, -0.1) is 23.1 Å². The molecule has 0 spiro atoms. The molecule has 23 heavy (non-hydrogen) atoms. The van der Waals surface area contributed by atoms with E-state index in [1.165, 1.54) is 9.77 Å². The minimum atomic E-state index is -0.116. The van der Waals surface area contributed by atoms with E-state index in [0.717, 1.165) is 10.4 Å². The number of hydrogen-bond acceptors (Lipinski definition) is 4. The second kappa shape index (κ2) is 8.91. The standard InChI is InChI=1S/C18H21NO2S2/c1-13-4-10-17(23-13)16(21-2)12-19-18(20)11-7-14-5-8-15(22-3)9-6-14/h4-11,16H,12H2,1-3H3,(H,19,20). The lowest BCUT2D eigenvalue weighted by atomic mass is 10.2. The third-order valence-corrected chi connectivity index (χ3v) is 5.20. The summed E-state index contributed by atoms with van der Waals surface area (Å²) >= 11 is 3.39. The van der Waals surface area contributed by atoms with Crippen LogP contribution in [0.2, 0.25) is 0 Å². The van der Waals surface area contributed by atoms with Crippen LogP contribution in [-0.2, 0) is 9.53 Å². The summed E-state index contributed by atoms with van der Waals surface area (Å²) in [5.41, 5.74) is 1.01. The summed E-state index contributed by atoms with van der Waals surface area (Å²) in [4.78, 5) is 15.5. The van der Waals surface area contributed by atoms with Crippen LogP contribution >= 0.6 is 23.1 Å². The molecule has 1 atom stereocenters. The summed E-state index contributed by atoms with van der Waals surface area (Å²) in [5.74, 6) is -0.116. The highest BCUT2D eigenvalue weighted by Crippen LogP contribution is 2.24. The van der Waals surface area contributed by atoms with Gasteiger partial charge in [-0.2, -0.15) is 0 Å². The summed E-state index contributed by atoms with van der Waals surface area (Å²) in [6, 6.07) is 12.2. The molecule has 1 heterocycles. The Morgan fingerprint density at radius 1 is 1.30 bits per heavy atom. The molecule has 3 nitrogen and oxygen atoms in total. The first-order valence-corrected chi connectivity index (χ1v) is 9.35. The van der Waals surface area contributed by atoms with Gasteiger partial charge in [0.15, 0.2) is 0 Å². The molecule has 5 heteroatoms. The maximum absolute atomic E-state index is 11.9. The van der Waals surface area contributed by atoms with E-state index in [9.17, 15) is 4.79 Å². The topological polar surface area (TPSA) is 38.3 Å². The average molecular weight is 348 g/mol. The highest BCUT2D eigenvalue weighted by atomic mass is 32.2. The van der Waals surface area contributed by atoms with Crippen LogP contribution in [0.1, 0.15) is 21.4 Å². The Bertz CT molecular complexity index is 662. The molecule has 1 N–H and O–H groups in total. The highest BCUT2D eigenvalue weighted by molar-refractivity contribution is 7.98. The Morgan fingerprint density at radius 3 is 2.61 bits per heavy atom. The van der Waals surface area contributed by atoms with Crippen molar-refractivity contribution >= 4 is 35.1 Å². The third-order valence-electron chi connectivity index (χ3n) is 3.37. The molecule has 0 radical (unpaired) electrons. The highest BCUT2D eigenvalue weighted by Gasteiger charge is 2.13. The zero-order valence-corrected chi connectivity index (χ0v) is 15.2. The van der Waals surface area contributed by atoms with Crippen LogP contribution in [0, 0.1) is 6.92 Å². The fraction of sp³-hybridized carbons (Fsp3) is 0.278. The number of nitrogens with one attached hydrogen (secondary N) is 1. The monoisotopic (exact) mass is 347 g/mol. The van der Waals surface area contributed by atoms with Gasteiger partial charge in [-0.3, -0.25) is 4.79 Å². The van der Waals surface area contributed by atoms with Gasteiger partial charge in [0, 0.05) is 34.4 Å². The van der Waals surface area contributed by atoms with Gasteiger partial charge in [-0.05, 0) is 49.1 Å². The first-order chi connectivity index (χ1) is 11.1. The zero-order chi connectivity index (χ0) is 16.7. The number of aryl methyl sites for hydroxylation is 1. The number of methoxy groups -OCH3 is 1. The minimum absolute atomic E-state index is 0.105. The molecular formula is C18H21NO2S2. The van der Waals surface area contributed by atoms with Crippen molar-refractivity contribution in [2.75, 3.05) is 19.9 Å². The largest absolute Gasteiger partial charge is 0.374 e. The smallest absolute Gasteiger partial charge is 0.244 e. The molecule has 1 aromatic carbocycles. The van der Waals surface area contributed by atoms with Crippen LogP contribution in [0.4, 0.5) is 0 Å². The van der Waals surface area contributed by atoms with Gasteiger partial charge in [0.1, 0.15) is 6.10 Å². The normalized spacial score (nSPS) is 12.5. The van der Waals surface area contributed by atoms with Crippen molar-refractivity contribution < 1.29 is 9.53 Å². The predicted octanol–water partition coefficient (Wildman–Crippen LogP) is 4.30. The van der Waals surface area contributed by atoms with Crippen LogP contribution in [0.15, 0.2) is 47.4 Å². The Balaban J connectivity index is 1.87. The van der Waals surface area contributed by atoms with Crippen LogP contribution in [-0.4, -0.2) is 25.8 Å². The van der Waals surface area contributed by atoms with E-state index < -0.39 is 0 Å². The SMILES string of the molecule is COC(CNC(=O)C=Cc1ccc(SC)cc1)c1ccc(C)s1. The van der Waals surface area contributed by atoms with Gasteiger partial charge >= 0.3 is 0 Å². The molecule has 0 aliphatic rings. The molecule has 0 saturated carbocycles. The number of hydrogen-bond donors (Lipinski definition) is 1. The van der Waals surface area contributed by atoms with Gasteiger partial charge < -0.3 is 10.1 Å². The lowest BCUT2D eigenvalue weighted by Gasteiger charge is -2.13. The molecular weight excluding hydrogens is 326 g/mol. The van der Waals surface area contributed by atoms with Crippen molar-refractivity contribution in [2.45, 2.75) is 17.9 Å². The Kier molecular flexibility index (Phi) is 6.89. The number of thiophene rings is 1. The summed E-state index contributed by atoms with van der Waals surface area (Å²) in [6.07, 6.45) is 5.31.